The van der Waals surface area contributed by atoms with E-state index in [0.29, 0.717) is 11.5 Å². The normalized spacial score (nSPS) is 10.4. The van der Waals surface area contributed by atoms with Crippen LogP contribution in [-0.4, -0.2) is 46.8 Å². The summed E-state index contributed by atoms with van der Waals surface area (Å²) in [5, 5.41) is 10.3. The summed E-state index contributed by atoms with van der Waals surface area (Å²) in [6, 6.07) is 14.3. The fourth-order valence-corrected chi connectivity index (χ4v) is 3.05. The molecule has 1 N–H and O–H groups in total. The fraction of sp³-hybridized carbons (Fsp3) is 0.158. The molecule has 0 unspecified atom stereocenters. The Bertz CT molecular complexity index is 926. The van der Waals surface area contributed by atoms with Gasteiger partial charge in [0.05, 0.1) is 12.2 Å². The van der Waals surface area contributed by atoms with E-state index in [9.17, 15) is 9.59 Å². The SMILES string of the molecule is CSc1ccccc1NC(=O)CN(C)C(=O)c1ccc(-c2nnco2)cc1. The molecule has 1 aromatic heterocycles. The molecule has 3 aromatic rings. The van der Waals surface area contributed by atoms with Gasteiger partial charge in [-0.1, -0.05) is 12.1 Å². The molecule has 3 rings (SSSR count). The first-order chi connectivity index (χ1) is 13.1. The average molecular weight is 382 g/mol. The van der Waals surface area contributed by atoms with Crippen molar-refractivity contribution in [3.63, 3.8) is 0 Å². The lowest BCUT2D eigenvalue weighted by Gasteiger charge is -2.17. The Balaban J connectivity index is 1.62. The van der Waals surface area contributed by atoms with Gasteiger partial charge in [0, 0.05) is 23.1 Å². The quantitative estimate of drug-likeness (QED) is 0.659. The number of amides is 2. The van der Waals surface area contributed by atoms with Crippen LogP contribution in [0.15, 0.2) is 64.2 Å². The predicted octanol–water partition coefficient (Wildman–Crippen LogP) is 3.17. The summed E-state index contributed by atoms with van der Waals surface area (Å²) in [4.78, 5) is 27.2. The molecule has 0 aliphatic heterocycles. The largest absolute Gasteiger partial charge is 0.423 e. The molecule has 2 amide bonds. The van der Waals surface area contributed by atoms with E-state index in [4.69, 9.17) is 4.42 Å². The van der Waals surface area contributed by atoms with Gasteiger partial charge in [-0.3, -0.25) is 9.59 Å². The molecule has 0 radical (unpaired) electrons. The Morgan fingerprint density at radius 3 is 2.56 bits per heavy atom. The number of thioether (sulfide) groups is 1. The summed E-state index contributed by atoms with van der Waals surface area (Å²) in [6.45, 7) is -0.0487. The van der Waals surface area contributed by atoms with E-state index in [1.54, 1.807) is 43.1 Å². The molecular weight excluding hydrogens is 364 g/mol. The van der Waals surface area contributed by atoms with Crippen molar-refractivity contribution >= 4 is 29.3 Å². The smallest absolute Gasteiger partial charge is 0.254 e. The number of hydrogen-bond acceptors (Lipinski definition) is 6. The van der Waals surface area contributed by atoms with Gasteiger partial charge in [0.15, 0.2) is 0 Å². The molecule has 2 aromatic carbocycles. The summed E-state index contributed by atoms with van der Waals surface area (Å²) in [5.41, 5.74) is 1.93. The van der Waals surface area contributed by atoms with Gasteiger partial charge >= 0.3 is 0 Å². The molecule has 0 saturated carbocycles. The minimum Gasteiger partial charge on any atom is -0.423 e. The monoisotopic (exact) mass is 382 g/mol. The van der Waals surface area contributed by atoms with Crippen molar-refractivity contribution in [2.45, 2.75) is 4.90 Å². The molecule has 0 bridgehead atoms. The van der Waals surface area contributed by atoms with Gasteiger partial charge < -0.3 is 14.6 Å². The lowest BCUT2D eigenvalue weighted by Crippen LogP contribution is -2.35. The molecule has 7 nitrogen and oxygen atoms in total. The fourth-order valence-electron chi connectivity index (χ4n) is 2.50. The van der Waals surface area contributed by atoms with Crippen LogP contribution in [0.1, 0.15) is 10.4 Å². The first kappa shape index (κ1) is 18.7. The van der Waals surface area contributed by atoms with Crippen molar-refractivity contribution in [3.05, 3.63) is 60.5 Å². The Morgan fingerprint density at radius 2 is 1.89 bits per heavy atom. The van der Waals surface area contributed by atoms with Crippen LogP contribution in [0.5, 0.6) is 0 Å². The summed E-state index contributed by atoms with van der Waals surface area (Å²) >= 11 is 1.55. The third-order valence-electron chi connectivity index (χ3n) is 3.85. The van der Waals surface area contributed by atoms with E-state index in [0.717, 1.165) is 16.1 Å². The Labute approximate surface area is 160 Å². The first-order valence-corrected chi connectivity index (χ1v) is 9.36. The average Bonchev–Trinajstić information content (AvgIpc) is 3.22. The Hall–Kier alpha value is -3.13. The molecular formula is C19H18N4O3S. The van der Waals surface area contributed by atoms with E-state index in [-0.39, 0.29) is 18.4 Å². The summed E-state index contributed by atoms with van der Waals surface area (Å²) in [5.74, 6) is -0.121. The molecule has 0 aliphatic rings. The van der Waals surface area contributed by atoms with Crippen LogP contribution in [0.25, 0.3) is 11.5 Å². The molecule has 0 saturated heterocycles. The van der Waals surface area contributed by atoms with E-state index >= 15 is 0 Å². The number of benzene rings is 2. The van der Waals surface area contributed by atoms with Crippen LogP contribution >= 0.6 is 11.8 Å². The van der Waals surface area contributed by atoms with Crippen molar-refractivity contribution in [3.8, 4) is 11.5 Å². The van der Waals surface area contributed by atoms with Crippen molar-refractivity contribution in [2.24, 2.45) is 0 Å². The van der Waals surface area contributed by atoms with Gasteiger partial charge in [0.25, 0.3) is 5.91 Å². The molecule has 27 heavy (non-hydrogen) atoms. The van der Waals surface area contributed by atoms with E-state index < -0.39 is 0 Å². The van der Waals surface area contributed by atoms with E-state index in [1.807, 2.05) is 30.5 Å². The maximum Gasteiger partial charge on any atom is 0.254 e. The second-order valence-electron chi connectivity index (χ2n) is 5.73. The van der Waals surface area contributed by atoms with Crippen LogP contribution in [0.2, 0.25) is 0 Å². The molecule has 8 heteroatoms. The van der Waals surface area contributed by atoms with Gasteiger partial charge in [-0.05, 0) is 42.7 Å². The molecule has 1 heterocycles. The molecule has 0 spiro atoms. The highest BCUT2D eigenvalue weighted by Crippen LogP contribution is 2.24. The number of para-hydroxylation sites is 1. The number of nitrogens with zero attached hydrogens (tertiary/aromatic N) is 3. The minimum atomic E-state index is -0.255. The molecule has 0 fully saturated rings. The van der Waals surface area contributed by atoms with Gasteiger partial charge in [0.1, 0.15) is 0 Å². The third-order valence-corrected chi connectivity index (χ3v) is 4.64. The van der Waals surface area contributed by atoms with Gasteiger partial charge in [-0.2, -0.15) is 0 Å². The van der Waals surface area contributed by atoms with Crippen molar-refractivity contribution in [1.82, 2.24) is 15.1 Å². The summed E-state index contributed by atoms with van der Waals surface area (Å²) < 4.78 is 5.12. The standard InChI is InChI=1S/C19H18N4O3S/c1-23(11-17(24)21-15-5-3-4-6-16(15)27-2)19(25)14-9-7-13(8-10-14)18-22-20-12-26-18/h3-10,12H,11H2,1-2H3,(H,21,24). The number of nitrogens with one attached hydrogen (secondary N) is 1. The maximum atomic E-state index is 12.5. The zero-order chi connectivity index (χ0) is 19.2. The van der Waals surface area contributed by atoms with Crippen LogP contribution in [0, 0.1) is 0 Å². The number of likely N-dealkylation sites (N-methyl/N-ethyl adjacent to an activating group) is 1. The number of aromatic nitrogens is 2. The molecule has 0 atom stereocenters. The second-order valence-corrected chi connectivity index (χ2v) is 6.58. The van der Waals surface area contributed by atoms with Crippen LogP contribution < -0.4 is 5.32 Å². The van der Waals surface area contributed by atoms with E-state index in [2.05, 4.69) is 15.5 Å². The van der Waals surface area contributed by atoms with Crippen LogP contribution in [0.3, 0.4) is 0 Å². The zero-order valence-electron chi connectivity index (χ0n) is 14.9. The number of carbonyl (C=O) groups is 2. The lowest BCUT2D eigenvalue weighted by atomic mass is 10.1. The number of rotatable bonds is 6. The van der Waals surface area contributed by atoms with Crippen molar-refractivity contribution in [1.29, 1.82) is 0 Å². The number of carbonyl (C=O) groups excluding carboxylic acids is 2. The van der Waals surface area contributed by atoms with Crippen LogP contribution in [-0.2, 0) is 4.79 Å². The third kappa shape index (κ3) is 4.53. The molecule has 138 valence electrons. The topological polar surface area (TPSA) is 88.3 Å². The van der Waals surface area contributed by atoms with Gasteiger partial charge in [-0.25, -0.2) is 0 Å². The van der Waals surface area contributed by atoms with Crippen molar-refractivity contribution < 1.29 is 14.0 Å². The van der Waals surface area contributed by atoms with Gasteiger partial charge in [0.2, 0.25) is 18.2 Å². The van der Waals surface area contributed by atoms with Crippen molar-refractivity contribution in [2.75, 3.05) is 25.2 Å². The highest BCUT2D eigenvalue weighted by Gasteiger charge is 2.16. The Morgan fingerprint density at radius 1 is 1.15 bits per heavy atom. The predicted molar refractivity (Wildman–Crippen MR) is 104 cm³/mol. The van der Waals surface area contributed by atoms with E-state index in [1.165, 1.54) is 11.3 Å². The van der Waals surface area contributed by atoms with Gasteiger partial charge in [-0.15, -0.1) is 22.0 Å². The second kappa shape index (κ2) is 8.50. The summed E-state index contributed by atoms with van der Waals surface area (Å²) in [6.07, 6.45) is 3.19. The maximum absolute atomic E-state index is 12.5. The van der Waals surface area contributed by atoms with Crippen LogP contribution in [0.4, 0.5) is 5.69 Å². The number of hydrogen-bond donors (Lipinski definition) is 1. The summed E-state index contributed by atoms with van der Waals surface area (Å²) in [7, 11) is 1.59. The first-order valence-electron chi connectivity index (χ1n) is 8.13. The lowest BCUT2D eigenvalue weighted by molar-refractivity contribution is -0.116. The highest BCUT2D eigenvalue weighted by molar-refractivity contribution is 7.98. The molecule has 0 aliphatic carbocycles. The Kier molecular flexibility index (Phi) is 5.87. The zero-order valence-corrected chi connectivity index (χ0v) is 15.7. The minimum absolute atomic E-state index is 0.0487. The highest BCUT2D eigenvalue weighted by atomic mass is 32.2. The number of anilines is 1.